The molecule has 0 amide bonds. The van der Waals surface area contributed by atoms with Crippen molar-refractivity contribution < 1.29 is 4.39 Å². The summed E-state index contributed by atoms with van der Waals surface area (Å²) in [5.74, 6) is -0.0430. The van der Waals surface area contributed by atoms with Gasteiger partial charge >= 0.3 is 0 Å². The van der Waals surface area contributed by atoms with E-state index in [-0.39, 0.29) is 17.8 Å². The molecular formula is C17H19FN2. The summed E-state index contributed by atoms with van der Waals surface area (Å²) >= 11 is 0. The summed E-state index contributed by atoms with van der Waals surface area (Å²) in [6.45, 7) is 1.98. The average Bonchev–Trinajstić information content (AvgIpc) is 2.48. The number of benzene rings is 1. The quantitative estimate of drug-likeness (QED) is 0.904. The first-order valence-corrected chi connectivity index (χ1v) is 7.12. The Morgan fingerprint density at radius 3 is 3.05 bits per heavy atom. The number of pyridine rings is 1. The zero-order chi connectivity index (χ0) is 14.1. The number of aryl methyl sites for hydroxylation is 2. The normalized spacial score (nSPS) is 19.4. The Balaban J connectivity index is 1.99. The third-order valence-electron chi connectivity index (χ3n) is 4.27. The highest BCUT2D eigenvalue weighted by molar-refractivity contribution is 5.35. The van der Waals surface area contributed by atoms with Gasteiger partial charge in [0.1, 0.15) is 5.82 Å². The van der Waals surface area contributed by atoms with Crippen LogP contribution >= 0.6 is 0 Å². The molecule has 0 spiro atoms. The van der Waals surface area contributed by atoms with Crippen molar-refractivity contribution in [2.24, 2.45) is 5.73 Å². The number of nitrogens with zero attached hydrogens (tertiary/aromatic N) is 1. The number of aromatic nitrogens is 1. The molecule has 1 aromatic carbocycles. The van der Waals surface area contributed by atoms with E-state index in [1.807, 2.05) is 19.2 Å². The molecule has 2 unspecified atom stereocenters. The van der Waals surface area contributed by atoms with Crippen LogP contribution in [0, 0.1) is 12.7 Å². The lowest BCUT2D eigenvalue weighted by molar-refractivity contribution is 0.460. The molecule has 1 aromatic heterocycles. The van der Waals surface area contributed by atoms with Crippen molar-refractivity contribution in [3.8, 4) is 0 Å². The van der Waals surface area contributed by atoms with Crippen LogP contribution in [-0.4, -0.2) is 4.98 Å². The lowest BCUT2D eigenvalue weighted by Crippen LogP contribution is -2.25. The van der Waals surface area contributed by atoms with Gasteiger partial charge in [0.25, 0.3) is 0 Å². The van der Waals surface area contributed by atoms with E-state index in [2.05, 4.69) is 11.1 Å². The number of hydrogen-bond donors (Lipinski definition) is 1. The predicted molar refractivity (Wildman–Crippen MR) is 78.0 cm³/mol. The highest BCUT2D eigenvalue weighted by Gasteiger charge is 2.28. The molecule has 3 rings (SSSR count). The van der Waals surface area contributed by atoms with E-state index in [9.17, 15) is 4.39 Å². The number of rotatable bonds is 2. The number of halogens is 1. The van der Waals surface area contributed by atoms with Crippen LogP contribution in [0.15, 0.2) is 36.5 Å². The molecule has 2 N–H and O–H groups in total. The zero-order valence-corrected chi connectivity index (χ0v) is 11.6. The molecule has 0 aliphatic heterocycles. The second-order valence-corrected chi connectivity index (χ2v) is 5.57. The Labute approximate surface area is 118 Å². The van der Waals surface area contributed by atoms with Gasteiger partial charge in [-0.1, -0.05) is 12.1 Å². The molecule has 104 valence electrons. The fraction of sp³-hybridized carbons (Fsp3) is 0.353. The van der Waals surface area contributed by atoms with Gasteiger partial charge in [-0.05, 0) is 61.1 Å². The van der Waals surface area contributed by atoms with E-state index in [4.69, 9.17) is 5.73 Å². The largest absolute Gasteiger partial charge is 0.323 e. The fourth-order valence-electron chi connectivity index (χ4n) is 3.18. The maximum absolute atomic E-state index is 13.5. The molecule has 0 saturated carbocycles. The molecule has 2 atom stereocenters. The lowest BCUT2D eigenvalue weighted by atomic mass is 9.79. The second-order valence-electron chi connectivity index (χ2n) is 5.57. The third kappa shape index (κ3) is 2.34. The molecule has 0 fully saturated rings. The minimum absolute atomic E-state index is 0.181. The van der Waals surface area contributed by atoms with E-state index < -0.39 is 0 Å². The molecule has 0 radical (unpaired) electrons. The van der Waals surface area contributed by atoms with Gasteiger partial charge in [-0.3, -0.25) is 4.98 Å². The standard InChI is InChI=1S/C17H19FN2/c1-11-7-8-13(18)10-15(11)16(19)14-6-2-4-12-5-3-9-20-17(12)14/h3,5,7-10,14,16H,2,4,6,19H2,1H3. The molecule has 0 saturated heterocycles. The summed E-state index contributed by atoms with van der Waals surface area (Å²) in [6.07, 6.45) is 5.02. The first kappa shape index (κ1) is 13.3. The van der Waals surface area contributed by atoms with Crippen LogP contribution in [0.5, 0.6) is 0 Å². The second kappa shape index (κ2) is 5.33. The van der Waals surface area contributed by atoms with Gasteiger partial charge in [0.15, 0.2) is 0 Å². The predicted octanol–water partition coefficient (Wildman–Crippen LogP) is 3.65. The van der Waals surface area contributed by atoms with Crippen molar-refractivity contribution in [3.05, 3.63) is 64.7 Å². The van der Waals surface area contributed by atoms with Crippen molar-refractivity contribution in [1.29, 1.82) is 0 Å². The number of fused-ring (bicyclic) bond motifs is 1. The summed E-state index contributed by atoms with van der Waals surface area (Å²) < 4.78 is 13.5. The molecule has 2 nitrogen and oxygen atoms in total. The SMILES string of the molecule is Cc1ccc(F)cc1C(N)C1CCCc2cccnc21. The molecular weight excluding hydrogens is 251 g/mol. The van der Waals surface area contributed by atoms with Crippen molar-refractivity contribution in [1.82, 2.24) is 4.98 Å². The van der Waals surface area contributed by atoms with Gasteiger partial charge in [0.05, 0.1) is 0 Å². The Morgan fingerprint density at radius 1 is 1.35 bits per heavy atom. The molecule has 1 aliphatic carbocycles. The first-order valence-electron chi connectivity index (χ1n) is 7.12. The summed E-state index contributed by atoms with van der Waals surface area (Å²) in [4.78, 5) is 4.53. The van der Waals surface area contributed by atoms with E-state index in [1.54, 1.807) is 12.1 Å². The molecule has 0 bridgehead atoms. The van der Waals surface area contributed by atoms with Crippen molar-refractivity contribution in [2.75, 3.05) is 0 Å². The maximum atomic E-state index is 13.5. The Bertz CT molecular complexity index is 624. The van der Waals surface area contributed by atoms with Gasteiger partial charge in [-0.25, -0.2) is 4.39 Å². The molecule has 2 aromatic rings. The van der Waals surface area contributed by atoms with E-state index in [1.165, 1.54) is 11.6 Å². The van der Waals surface area contributed by atoms with Gasteiger partial charge in [0, 0.05) is 23.9 Å². The first-order chi connectivity index (χ1) is 9.66. The topological polar surface area (TPSA) is 38.9 Å². The van der Waals surface area contributed by atoms with Gasteiger partial charge in [-0.2, -0.15) is 0 Å². The van der Waals surface area contributed by atoms with Crippen molar-refractivity contribution in [2.45, 2.75) is 38.1 Å². The van der Waals surface area contributed by atoms with Gasteiger partial charge in [-0.15, -0.1) is 0 Å². The average molecular weight is 270 g/mol. The summed E-state index contributed by atoms with van der Waals surface area (Å²) in [5.41, 5.74) is 10.8. The Kier molecular flexibility index (Phi) is 3.53. The van der Waals surface area contributed by atoms with Gasteiger partial charge < -0.3 is 5.73 Å². The highest BCUT2D eigenvalue weighted by Crippen LogP contribution is 2.38. The van der Waals surface area contributed by atoms with Crippen LogP contribution in [0.2, 0.25) is 0 Å². The van der Waals surface area contributed by atoms with Crippen LogP contribution in [0.4, 0.5) is 4.39 Å². The number of hydrogen-bond acceptors (Lipinski definition) is 2. The summed E-state index contributed by atoms with van der Waals surface area (Å²) in [5, 5.41) is 0. The van der Waals surface area contributed by atoms with E-state index >= 15 is 0 Å². The molecule has 20 heavy (non-hydrogen) atoms. The van der Waals surface area contributed by atoms with Crippen molar-refractivity contribution >= 4 is 0 Å². The van der Waals surface area contributed by atoms with Gasteiger partial charge in [0.2, 0.25) is 0 Å². The Morgan fingerprint density at radius 2 is 2.20 bits per heavy atom. The van der Waals surface area contributed by atoms with Crippen LogP contribution in [0.25, 0.3) is 0 Å². The summed E-state index contributed by atoms with van der Waals surface area (Å²) in [6, 6.07) is 8.75. The fourth-order valence-corrected chi connectivity index (χ4v) is 3.18. The van der Waals surface area contributed by atoms with Crippen LogP contribution in [0.3, 0.4) is 0 Å². The lowest BCUT2D eigenvalue weighted by Gasteiger charge is -2.30. The van der Waals surface area contributed by atoms with E-state index in [0.29, 0.717) is 0 Å². The van der Waals surface area contributed by atoms with Crippen LogP contribution in [-0.2, 0) is 6.42 Å². The van der Waals surface area contributed by atoms with Crippen LogP contribution < -0.4 is 5.73 Å². The third-order valence-corrected chi connectivity index (χ3v) is 4.27. The van der Waals surface area contributed by atoms with Crippen LogP contribution in [0.1, 0.15) is 47.2 Å². The minimum atomic E-state index is -0.224. The molecule has 1 aliphatic rings. The Hall–Kier alpha value is -1.74. The monoisotopic (exact) mass is 270 g/mol. The highest BCUT2D eigenvalue weighted by atomic mass is 19.1. The van der Waals surface area contributed by atoms with E-state index in [0.717, 1.165) is 36.1 Å². The number of nitrogens with two attached hydrogens (primary N) is 1. The molecule has 1 heterocycles. The minimum Gasteiger partial charge on any atom is -0.323 e. The smallest absolute Gasteiger partial charge is 0.123 e. The zero-order valence-electron chi connectivity index (χ0n) is 11.6. The summed E-state index contributed by atoms with van der Waals surface area (Å²) in [7, 11) is 0. The molecule has 3 heteroatoms. The maximum Gasteiger partial charge on any atom is 0.123 e. The van der Waals surface area contributed by atoms with Crippen molar-refractivity contribution in [3.63, 3.8) is 0 Å².